The highest BCUT2D eigenvalue weighted by Crippen LogP contribution is 2.45. The molecule has 0 amide bonds. The van der Waals surface area contributed by atoms with Gasteiger partial charge in [0.25, 0.3) is 0 Å². The molecule has 0 spiro atoms. The molecule has 2 aromatic rings. The third-order valence-corrected chi connectivity index (χ3v) is 5.73. The molecule has 2 heterocycles. The summed E-state index contributed by atoms with van der Waals surface area (Å²) in [7, 11) is 1.69. The molecule has 0 saturated carbocycles. The number of morpholine rings is 1. The van der Waals surface area contributed by atoms with E-state index in [1.165, 1.54) is 0 Å². The smallest absolute Gasteiger partial charge is 0.231 e. The maximum Gasteiger partial charge on any atom is 0.231 e. The van der Waals surface area contributed by atoms with E-state index in [9.17, 15) is 5.11 Å². The number of para-hydroxylation sites is 1. The van der Waals surface area contributed by atoms with Gasteiger partial charge >= 0.3 is 0 Å². The molecule has 1 N–H and O–H groups in total. The van der Waals surface area contributed by atoms with E-state index in [4.69, 9.17) is 18.9 Å². The minimum atomic E-state index is 0.0188. The quantitative estimate of drug-likeness (QED) is 0.682. The van der Waals surface area contributed by atoms with Crippen LogP contribution in [0.5, 0.6) is 23.0 Å². The van der Waals surface area contributed by atoms with Crippen molar-refractivity contribution in [1.82, 2.24) is 4.90 Å². The summed E-state index contributed by atoms with van der Waals surface area (Å²) in [5.41, 5.74) is 1.93. The SMILES string of the molecule is COc1ccccc1C(CCCCN1CCOCC1)c1cc2c(cc1O)OCO2. The fraction of sp³-hybridized carbons (Fsp3) is 0.478. The molecular weight excluding hydrogens is 370 g/mol. The van der Waals surface area contributed by atoms with E-state index in [1.54, 1.807) is 13.2 Å². The first-order chi connectivity index (χ1) is 14.3. The van der Waals surface area contributed by atoms with Crippen LogP contribution in [-0.2, 0) is 4.74 Å². The predicted molar refractivity (Wildman–Crippen MR) is 110 cm³/mol. The topological polar surface area (TPSA) is 60.4 Å². The van der Waals surface area contributed by atoms with Gasteiger partial charge < -0.3 is 24.1 Å². The summed E-state index contributed by atoms with van der Waals surface area (Å²) in [6.45, 7) is 4.95. The Bertz CT molecular complexity index is 819. The summed E-state index contributed by atoms with van der Waals surface area (Å²) in [6, 6.07) is 11.6. The molecule has 6 heteroatoms. The van der Waals surface area contributed by atoms with Crippen LogP contribution in [0.25, 0.3) is 0 Å². The fourth-order valence-corrected chi connectivity index (χ4v) is 4.17. The zero-order valence-corrected chi connectivity index (χ0v) is 16.9. The summed E-state index contributed by atoms with van der Waals surface area (Å²) in [5.74, 6) is 2.37. The number of ether oxygens (including phenoxy) is 4. The molecule has 1 unspecified atom stereocenters. The number of fused-ring (bicyclic) bond motifs is 1. The lowest BCUT2D eigenvalue weighted by atomic mass is 9.85. The third-order valence-electron chi connectivity index (χ3n) is 5.73. The van der Waals surface area contributed by atoms with Crippen molar-refractivity contribution in [3.63, 3.8) is 0 Å². The molecule has 4 rings (SSSR count). The standard InChI is InChI=1S/C23H29NO5/c1-26-21-8-3-2-7-18(21)17(6-4-5-9-24-10-12-27-13-11-24)19-14-22-23(15-20(19)25)29-16-28-22/h2-3,7-8,14-15,17,25H,4-6,9-13,16H2,1H3. The number of hydrogen-bond donors (Lipinski definition) is 1. The van der Waals surface area contributed by atoms with Crippen molar-refractivity contribution >= 4 is 0 Å². The van der Waals surface area contributed by atoms with Crippen LogP contribution in [0, 0.1) is 0 Å². The van der Waals surface area contributed by atoms with Crippen LogP contribution in [0.4, 0.5) is 0 Å². The first-order valence-corrected chi connectivity index (χ1v) is 10.3. The molecule has 29 heavy (non-hydrogen) atoms. The van der Waals surface area contributed by atoms with Crippen LogP contribution >= 0.6 is 0 Å². The molecule has 2 aliphatic heterocycles. The van der Waals surface area contributed by atoms with Gasteiger partial charge in [0.1, 0.15) is 11.5 Å². The summed E-state index contributed by atoms with van der Waals surface area (Å²) >= 11 is 0. The van der Waals surface area contributed by atoms with Gasteiger partial charge in [0.15, 0.2) is 11.5 Å². The van der Waals surface area contributed by atoms with E-state index in [1.807, 2.05) is 24.3 Å². The van der Waals surface area contributed by atoms with Gasteiger partial charge in [0, 0.05) is 36.2 Å². The van der Waals surface area contributed by atoms with E-state index in [2.05, 4.69) is 11.0 Å². The molecule has 0 radical (unpaired) electrons. The number of phenols is 1. The lowest BCUT2D eigenvalue weighted by Crippen LogP contribution is -2.36. The molecular formula is C23H29NO5. The van der Waals surface area contributed by atoms with Crippen molar-refractivity contribution in [2.75, 3.05) is 46.8 Å². The van der Waals surface area contributed by atoms with E-state index in [0.29, 0.717) is 11.5 Å². The Labute approximate surface area is 171 Å². The molecule has 6 nitrogen and oxygen atoms in total. The lowest BCUT2D eigenvalue weighted by Gasteiger charge is -2.27. The first-order valence-electron chi connectivity index (χ1n) is 10.3. The van der Waals surface area contributed by atoms with Gasteiger partial charge in [0.05, 0.1) is 20.3 Å². The Balaban J connectivity index is 1.53. The number of benzene rings is 2. The average molecular weight is 399 g/mol. The van der Waals surface area contributed by atoms with E-state index in [-0.39, 0.29) is 18.5 Å². The van der Waals surface area contributed by atoms with Gasteiger partial charge in [0.2, 0.25) is 6.79 Å². The van der Waals surface area contributed by atoms with Gasteiger partial charge in [-0.25, -0.2) is 0 Å². The number of hydrogen-bond acceptors (Lipinski definition) is 6. The molecule has 2 aromatic carbocycles. The summed E-state index contributed by atoms with van der Waals surface area (Å²) in [4.78, 5) is 2.46. The molecule has 0 aromatic heterocycles. The van der Waals surface area contributed by atoms with Crippen molar-refractivity contribution < 1.29 is 24.1 Å². The van der Waals surface area contributed by atoms with Crippen LogP contribution in [0.2, 0.25) is 0 Å². The highest BCUT2D eigenvalue weighted by Gasteiger charge is 2.25. The molecule has 0 aliphatic carbocycles. The van der Waals surface area contributed by atoms with E-state index >= 15 is 0 Å². The highest BCUT2D eigenvalue weighted by molar-refractivity contribution is 5.55. The largest absolute Gasteiger partial charge is 0.508 e. The highest BCUT2D eigenvalue weighted by atomic mass is 16.7. The Morgan fingerprint density at radius 1 is 1.03 bits per heavy atom. The monoisotopic (exact) mass is 399 g/mol. The zero-order valence-electron chi connectivity index (χ0n) is 16.9. The maximum absolute atomic E-state index is 10.7. The summed E-state index contributed by atoms with van der Waals surface area (Å²) < 4.78 is 22.0. The molecule has 156 valence electrons. The van der Waals surface area contributed by atoms with Crippen molar-refractivity contribution in [2.24, 2.45) is 0 Å². The van der Waals surface area contributed by atoms with Gasteiger partial charge in [-0.15, -0.1) is 0 Å². The molecule has 1 atom stereocenters. The van der Waals surface area contributed by atoms with Crippen molar-refractivity contribution in [3.05, 3.63) is 47.5 Å². The second-order valence-corrected chi connectivity index (χ2v) is 7.51. The van der Waals surface area contributed by atoms with Gasteiger partial charge in [-0.05, 0) is 31.5 Å². The molecule has 1 fully saturated rings. The van der Waals surface area contributed by atoms with Crippen LogP contribution in [-0.4, -0.2) is 56.8 Å². The lowest BCUT2D eigenvalue weighted by molar-refractivity contribution is 0.0371. The van der Waals surface area contributed by atoms with Crippen LogP contribution in [0.1, 0.15) is 36.3 Å². The zero-order chi connectivity index (χ0) is 20.1. The number of aromatic hydroxyl groups is 1. The second kappa shape index (κ2) is 9.37. The Morgan fingerprint density at radius 2 is 1.79 bits per heavy atom. The van der Waals surface area contributed by atoms with Crippen LogP contribution < -0.4 is 14.2 Å². The fourth-order valence-electron chi connectivity index (χ4n) is 4.17. The van der Waals surface area contributed by atoms with Crippen LogP contribution in [0.3, 0.4) is 0 Å². The minimum absolute atomic E-state index is 0.0188. The number of nitrogens with zero attached hydrogens (tertiary/aromatic N) is 1. The first kappa shape index (κ1) is 19.9. The van der Waals surface area contributed by atoms with Crippen molar-refractivity contribution in [1.29, 1.82) is 0 Å². The third kappa shape index (κ3) is 4.60. The summed E-state index contributed by atoms with van der Waals surface area (Å²) in [6.07, 6.45) is 3.07. The number of phenolic OH excluding ortho intramolecular Hbond substituents is 1. The number of methoxy groups -OCH3 is 1. The summed E-state index contributed by atoms with van der Waals surface area (Å²) in [5, 5.41) is 10.7. The van der Waals surface area contributed by atoms with E-state index in [0.717, 1.165) is 69.0 Å². The van der Waals surface area contributed by atoms with E-state index < -0.39 is 0 Å². The minimum Gasteiger partial charge on any atom is -0.508 e. The van der Waals surface area contributed by atoms with Gasteiger partial charge in [-0.1, -0.05) is 24.6 Å². The predicted octanol–water partition coefficient (Wildman–Crippen LogP) is 3.76. The Morgan fingerprint density at radius 3 is 2.59 bits per heavy atom. The normalized spacial score (nSPS) is 17.3. The maximum atomic E-state index is 10.7. The Kier molecular flexibility index (Phi) is 6.42. The van der Waals surface area contributed by atoms with Crippen LogP contribution in [0.15, 0.2) is 36.4 Å². The van der Waals surface area contributed by atoms with Crippen molar-refractivity contribution in [2.45, 2.75) is 25.2 Å². The number of rotatable bonds is 8. The molecule has 1 saturated heterocycles. The molecule has 0 bridgehead atoms. The van der Waals surface area contributed by atoms with Gasteiger partial charge in [-0.2, -0.15) is 0 Å². The Hall–Kier alpha value is -2.44. The second-order valence-electron chi connectivity index (χ2n) is 7.51. The average Bonchev–Trinajstić information content (AvgIpc) is 3.21. The number of unbranched alkanes of at least 4 members (excludes halogenated alkanes) is 1. The molecule has 2 aliphatic rings. The van der Waals surface area contributed by atoms with Gasteiger partial charge in [-0.3, -0.25) is 4.90 Å². The van der Waals surface area contributed by atoms with Crippen molar-refractivity contribution in [3.8, 4) is 23.0 Å².